The van der Waals surface area contributed by atoms with Crippen LogP contribution in [-0.2, 0) is 6.61 Å². The Balaban J connectivity index is 1.86. The van der Waals surface area contributed by atoms with Crippen LogP contribution in [0.2, 0.25) is 0 Å². The van der Waals surface area contributed by atoms with Crippen molar-refractivity contribution in [1.82, 2.24) is 9.88 Å². The highest BCUT2D eigenvalue weighted by Gasteiger charge is 2.27. The summed E-state index contributed by atoms with van der Waals surface area (Å²) < 4.78 is 0. The first kappa shape index (κ1) is 14.0. The number of nitrogens with zero attached hydrogens (tertiary/aromatic N) is 3. The fraction of sp³-hybridized carbons (Fsp3) is 0.353. The number of hydrogen-bond acceptors (Lipinski definition) is 4. The molecule has 1 N–H and O–H groups in total. The molecular weight excluding hydrogens is 262 g/mol. The Morgan fingerprint density at radius 2 is 1.95 bits per heavy atom. The average molecular weight is 283 g/mol. The molecular formula is C17H21N3O. The fourth-order valence-electron chi connectivity index (χ4n) is 2.94. The number of hydrogen-bond donors (Lipinski definition) is 1. The molecule has 1 aromatic carbocycles. The third kappa shape index (κ3) is 2.91. The summed E-state index contributed by atoms with van der Waals surface area (Å²) in [5, 5.41) is 9.51. The molecule has 3 rings (SSSR count). The second-order valence-corrected chi connectivity index (χ2v) is 5.50. The molecule has 1 aliphatic heterocycles. The first-order valence-corrected chi connectivity index (χ1v) is 7.34. The summed E-state index contributed by atoms with van der Waals surface area (Å²) in [6.07, 6.45) is 1.80. The van der Waals surface area contributed by atoms with Gasteiger partial charge in [-0.05, 0) is 18.7 Å². The number of pyridine rings is 1. The summed E-state index contributed by atoms with van der Waals surface area (Å²) in [7, 11) is 2.17. The number of benzene rings is 1. The lowest BCUT2D eigenvalue weighted by Gasteiger charge is -2.40. The molecule has 4 heteroatoms. The second-order valence-electron chi connectivity index (χ2n) is 5.50. The SMILES string of the molecule is CN1CCN(c2ncccc2CO)CC1c1ccccc1. The van der Waals surface area contributed by atoms with Gasteiger partial charge in [0.05, 0.1) is 12.6 Å². The molecule has 0 radical (unpaired) electrons. The minimum absolute atomic E-state index is 0.0333. The lowest BCUT2D eigenvalue weighted by Crippen LogP contribution is -2.47. The van der Waals surface area contributed by atoms with Crippen LogP contribution in [0.15, 0.2) is 48.7 Å². The van der Waals surface area contributed by atoms with E-state index in [4.69, 9.17) is 0 Å². The van der Waals surface area contributed by atoms with Crippen LogP contribution in [0.1, 0.15) is 17.2 Å². The molecule has 0 spiro atoms. The highest BCUT2D eigenvalue weighted by Crippen LogP contribution is 2.27. The van der Waals surface area contributed by atoms with Crippen LogP contribution < -0.4 is 4.90 Å². The van der Waals surface area contributed by atoms with E-state index in [1.54, 1.807) is 6.20 Å². The molecule has 21 heavy (non-hydrogen) atoms. The van der Waals surface area contributed by atoms with Gasteiger partial charge < -0.3 is 10.0 Å². The Morgan fingerprint density at radius 3 is 2.71 bits per heavy atom. The van der Waals surface area contributed by atoms with E-state index in [1.165, 1.54) is 5.56 Å². The van der Waals surface area contributed by atoms with E-state index in [0.717, 1.165) is 31.0 Å². The van der Waals surface area contributed by atoms with Gasteiger partial charge in [0.15, 0.2) is 0 Å². The van der Waals surface area contributed by atoms with Gasteiger partial charge in [0.25, 0.3) is 0 Å². The van der Waals surface area contributed by atoms with Gasteiger partial charge in [-0.25, -0.2) is 4.98 Å². The van der Waals surface area contributed by atoms with Crippen molar-refractivity contribution in [3.05, 3.63) is 59.8 Å². The number of aliphatic hydroxyl groups is 1. The molecule has 2 aromatic rings. The molecule has 0 aliphatic carbocycles. The summed E-state index contributed by atoms with van der Waals surface area (Å²) in [5.74, 6) is 0.911. The van der Waals surface area contributed by atoms with E-state index < -0.39 is 0 Å². The normalized spacial score (nSPS) is 19.7. The molecule has 1 saturated heterocycles. The van der Waals surface area contributed by atoms with Crippen LogP contribution in [0, 0.1) is 0 Å². The number of aliphatic hydroxyl groups excluding tert-OH is 1. The molecule has 1 fully saturated rings. The van der Waals surface area contributed by atoms with E-state index in [2.05, 4.69) is 46.1 Å². The van der Waals surface area contributed by atoms with Gasteiger partial charge >= 0.3 is 0 Å². The van der Waals surface area contributed by atoms with Crippen LogP contribution in [-0.4, -0.2) is 41.7 Å². The van der Waals surface area contributed by atoms with Gasteiger partial charge in [-0.3, -0.25) is 4.90 Å². The zero-order valence-corrected chi connectivity index (χ0v) is 12.3. The van der Waals surface area contributed by atoms with Crippen molar-refractivity contribution >= 4 is 5.82 Å². The van der Waals surface area contributed by atoms with Crippen molar-refractivity contribution in [2.75, 3.05) is 31.6 Å². The third-order valence-electron chi connectivity index (χ3n) is 4.17. The van der Waals surface area contributed by atoms with E-state index in [9.17, 15) is 5.11 Å². The highest BCUT2D eigenvalue weighted by molar-refractivity contribution is 5.47. The van der Waals surface area contributed by atoms with Gasteiger partial charge in [0.2, 0.25) is 0 Å². The lowest BCUT2D eigenvalue weighted by atomic mass is 10.0. The Labute approximate surface area is 125 Å². The monoisotopic (exact) mass is 283 g/mol. The lowest BCUT2D eigenvalue weighted by molar-refractivity contribution is 0.219. The molecule has 110 valence electrons. The smallest absolute Gasteiger partial charge is 0.134 e. The second kappa shape index (κ2) is 6.24. The van der Waals surface area contributed by atoms with Gasteiger partial charge in [0, 0.05) is 31.4 Å². The van der Waals surface area contributed by atoms with Crippen molar-refractivity contribution < 1.29 is 5.11 Å². The Bertz CT molecular complexity index is 588. The minimum atomic E-state index is 0.0333. The van der Waals surface area contributed by atoms with Crippen molar-refractivity contribution in [3.63, 3.8) is 0 Å². The fourth-order valence-corrected chi connectivity index (χ4v) is 2.94. The minimum Gasteiger partial charge on any atom is -0.392 e. The number of piperazine rings is 1. The van der Waals surface area contributed by atoms with Crippen molar-refractivity contribution in [2.24, 2.45) is 0 Å². The predicted molar refractivity (Wildman–Crippen MR) is 84.2 cm³/mol. The van der Waals surface area contributed by atoms with Crippen LogP contribution in [0.25, 0.3) is 0 Å². The number of likely N-dealkylation sites (N-methyl/N-ethyl adjacent to an activating group) is 1. The molecule has 0 amide bonds. The molecule has 1 atom stereocenters. The van der Waals surface area contributed by atoms with Crippen LogP contribution >= 0.6 is 0 Å². The summed E-state index contributed by atoms with van der Waals surface area (Å²) in [6.45, 7) is 2.85. The standard InChI is InChI=1S/C17H21N3O/c1-19-10-11-20(17-15(13-21)8-5-9-18-17)12-16(19)14-6-3-2-4-7-14/h2-9,16,21H,10-13H2,1H3. The van der Waals surface area contributed by atoms with Gasteiger partial charge in [-0.15, -0.1) is 0 Å². The Kier molecular flexibility index (Phi) is 4.18. The molecule has 0 bridgehead atoms. The van der Waals surface area contributed by atoms with Gasteiger partial charge in [-0.2, -0.15) is 0 Å². The van der Waals surface area contributed by atoms with Crippen LogP contribution in [0.5, 0.6) is 0 Å². The van der Waals surface area contributed by atoms with Crippen molar-refractivity contribution in [2.45, 2.75) is 12.6 Å². The number of rotatable bonds is 3. The summed E-state index contributed by atoms with van der Waals surface area (Å²) in [4.78, 5) is 9.14. The number of anilines is 1. The first-order chi connectivity index (χ1) is 10.3. The maximum atomic E-state index is 9.51. The average Bonchev–Trinajstić information content (AvgIpc) is 2.56. The largest absolute Gasteiger partial charge is 0.392 e. The van der Waals surface area contributed by atoms with E-state index >= 15 is 0 Å². The molecule has 1 aromatic heterocycles. The topological polar surface area (TPSA) is 39.6 Å². The first-order valence-electron chi connectivity index (χ1n) is 7.34. The van der Waals surface area contributed by atoms with E-state index in [0.29, 0.717) is 6.04 Å². The van der Waals surface area contributed by atoms with Gasteiger partial charge in [0.1, 0.15) is 5.82 Å². The van der Waals surface area contributed by atoms with Crippen LogP contribution in [0.4, 0.5) is 5.82 Å². The molecule has 1 aliphatic rings. The molecule has 0 saturated carbocycles. The summed E-state index contributed by atoms with van der Waals surface area (Å²) >= 11 is 0. The highest BCUT2D eigenvalue weighted by atomic mass is 16.3. The van der Waals surface area contributed by atoms with Crippen molar-refractivity contribution in [3.8, 4) is 0 Å². The van der Waals surface area contributed by atoms with Crippen LogP contribution in [0.3, 0.4) is 0 Å². The number of aromatic nitrogens is 1. The Hall–Kier alpha value is -1.91. The zero-order chi connectivity index (χ0) is 14.7. The Morgan fingerprint density at radius 1 is 1.14 bits per heavy atom. The van der Waals surface area contributed by atoms with E-state index in [1.807, 2.05) is 18.2 Å². The predicted octanol–water partition coefficient (Wildman–Crippen LogP) is 2.07. The maximum absolute atomic E-state index is 9.51. The van der Waals surface area contributed by atoms with Gasteiger partial charge in [-0.1, -0.05) is 36.4 Å². The molecule has 1 unspecified atom stereocenters. The van der Waals surface area contributed by atoms with E-state index in [-0.39, 0.29) is 6.61 Å². The summed E-state index contributed by atoms with van der Waals surface area (Å²) in [5.41, 5.74) is 2.22. The maximum Gasteiger partial charge on any atom is 0.134 e. The third-order valence-corrected chi connectivity index (χ3v) is 4.17. The van der Waals surface area contributed by atoms with Crippen molar-refractivity contribution in [1.29, 1.82) is 0 Å². The zero-order valence-electron chi connectivity index (χ0n) is 12.3. The molecule has 2 heterocycles. The summed E-state index contributed by atoms with van der Waals surface area (Å²) in [6, 6.07) is 14.7. The molecule has 4 nitrogen and oxygen atoms in total. The quantitative estimate of drug-likeness (QED) is 0.936.